The molecule has 1 aliphatic rings. The van der Waals surface area contributed by atoms with Crippen molar-refractivity contribution >= 4 is 5.91 Å². The van der Waals surface area contributed by atoms with Crippen LogP contribution in [-0.4, -0.2) is 27.8 Å². The topological polar surface area (TPSA) is 72.9 Å². The van der Waals surface area contributed by atoms with Gasteiger partial charge in [0.15, 0.2) is 0 Å². The molecule has 1 saturated carbocycles. The molecule has 5 heteroatoms. The van der Waals surface area contributed by atoms with Crippen LogP contribution in [0.3, 0.4) is 0 Å². The van der Waals surface area contributed by atoms with Crippen molar-refractivity contribution in [2.24, 2.45) is 18.2 Å². The molecule has 2 atom stereocenters. The van der Waals surface area contributed by atoms with Crippen molar-refractivity contribution in [3.05, 3.63) is 18.0 Å². The van der Waals surface area contributed by atoms with Crippen molar-refractivity contribution in [3.63, 3.8) is 0 Å². The molecule has 0 radical (unpaired) electrons. The second kappa shape index (κ2) is 3.59. The van der Waals surface area contributed by atoms with Gasteiger partial charge >= 0.3 is 0 Å². The lowest BCUT2D eigenvalue weighted by Crippen LogP contribution is -2.64. The van der Waals surface area contributed by atoms with Crippen LogP contribution in [0.15, 0.2) is 12.3 Å². The van der Waals surface area contributed by atoms with Gasteiger partial charge in [0.05, 0.1) is 0 Å². The molecule has 1 aromatic heterocycles. The molecule has 2 rings (SSSR count). The Morgan fingerprint density at radius 3 is 2.81 bits per heavy atom. The maximum absolute atomic E-state index is 11.9. The van der Waals surface area contributed by atoms with Crippen molar-refractivity contribution in [2.45, 2.75) is 32.4 Å². The zero-order valence-electron chi connectivity index (χ0n) is 9.90. The molecule has 5 nitrogen and oxygen atoms in total. The second-order valence-corrected chi connectivity index (χ2v) is 5.03. The van der Waals surface area contributed by atoms with Crippen molar-refractivity contribution in [1.82, 2.24) is 15.1 Å². The number of nitrogens with two attached hydrogens (primary N) is 1. The van der Waals surface area contributed by atoms with E-state index in [1.165, 1.54) is 0 Å². The molecule has 16 heavy (non-hydrogen) atoms. The minimum atomic E-state index is -0.0787. The highest BCUT2D eigenvalue weighted by atomic mass is 16.2. The van der Waals surface area contributed by atoms with Gasteiger partial charge in [0.25, 0.3) is 5.91 Å². The van der Waals surface area contributed by atoms with E-state index in [9.17, 15) is 4.79 Å². The number of carbonyl (C=O) groups is 1. The standard InChI is InChI=1S/C11H18N4O/c1-11(2)8(12)6-9(11)14-10(16)7-4-5-13-15(7)3/h4-5,8-9H,6,12H2,1-3H3,(H,14,16). The van der Waals surface area contributed by atoms with E-state index >= 15 is 0 Å². The van der Waals surface area contributed by atoms with Crippen molar-refractivity contribution < 1.29 is 4.79 Å². The van der Waals surface area contributed by atoms with E-state index in [0.717, 1.165) is 6.42 Å². The summed E-state index contributed by atoms with van der Waals surface area (Å²) in [5.41, 5.74) is 6.46. The molecule has 0 aromatic carbocycles. The zero-order valence-corrected chi connectivity index (χ0v) is 9.90. The number of rotatable bonds is 2. The monoisotopic (exact) mass is 222 g/mol. The number of nitrogens with zero attached hydrogens (tertiary/aromatic N) is 2. The Morgan fingerprint density at radius 1 is 1.69 bits per heavy atom. The first-order valence-electron chi connectivity index (χ1n) is 5.47. The average molecular weight is 222 g/mol. The van der Waals surface area contributed by atoms with Crippen molar-refractivity contribution in [3.8, 4) is 0 Å². The molecule has 1 aliphatic carbocycles. The maximum Gasteiger partial charge on any atom is 0.269 e. The van der Waals surface area contributed by atoms with Crippen molar-refractivity contribution in [2.75, 3.05) is 0 Å². The Hall–Kier alpha value is -1.36. The fourth-order valence-electron chi connectivity index (χ4n) is 2.03. The molecule has 1 fully saturated rings. The summed E-state index contributed by atoms with van der Waals surface area (Å²) in [5, 5.41) is 6.97. The van der Waals surface area contributed by atoms with Gasteiger partial charge < -0.3 is 11.1 Å². The summed E-state index contributed by atoms with van der Waals surface area (Å²) in [6.07, 6.45) is 2.46. The predicted molar refractivity (Wildman–Crippen MR) is 60.8 cm³/mol. The van der Waals surface area contributed by atoms with Gasteiger partial charge in [-0.3, -0.25) is 9.48 Å². The van der Waals surface area contributed by atoms with E-state index in [1.54, 1.807) is 24.0 Å². The molecule has 0 aliphatic heterocycles. The summed E-state index contributed by atoms with van der Waals surface area (Å²) in [7, 11) is 1.76. The average Bonchev–Trinajstić information content (AvgIpc) is 2.64. The van der Waals surface area contributed by atoms with E-state index in [-0.39, 0.29) is 23.4 Å². The Morgan fingerprint density at radius 2 is 2.38 bits per heavy atom. The molecule has 0 bridgehead atoms. The Kier molecular flexibility index (Phi) is 2.50. The minimum absolute atomic E-state index is 0.0196. The second-order valence-electron chi connectivity index (χ2n) is 5.03. The fraction of sp³-hybridized carbons (Fsp3) is 0.636. The number of amides is 1. The first-order valence-corrected chi connectivity index (χ1v) is 5.47. The van der Waals surface area contributed by atoms with Gasteiger partial charge in [-0.15, -0.1) is 0 Å². The molecule has 88 valence electrons. The highest BCUT2D eigenvalue weighted by Crippen LogP contribution is 2.39. The summed E-state index contributed by atoms with van der Waals surface area (Å²) < 4.78 is 1.57. The van der Waals surface area contributed by atoms with Gasteiger partial charge in [0.1, 0.15) is 5.69 Å². The third-order valence-corrected chi connectivity index (χ3v) is 3.70. The van der Waals surface area contributed by atoms with Gasteiger partial charge in [-0.05, 0) is 12.5 Å². The number of aryl methyl sites for hydroxylation is 1. The van der Waals surface area contributed by atoms with E-state index in [4.69, 9.17) is 5.73 Å². The third kappa shape index (κ3) is 1.61. The molecule has 1 amide bonds. The number of hydrogen-bond acceptors (Lipinski definition) is 3. The summed E-state index contributed by atoms with van der Waals surface area (Å²) in [4.78, 5) is 11.9. The Balaban J connectivity index is 2.02. The Labute approximate surface area is 95.0 Å². The fourth-order valence-corrected chi connectivity index (χ4v) is 2.03. The largest absolute Gasteiger partial charge is 0.347 e. The highest BCUT2D eigenvalue weighted by Gasteiger charge is 2.46. The van der Waals surface area contributed by atoms with Crippen molar-refractivity contribution in [1.29, 1.82) is 0 Å². The van der Waals surface area contributed by atoms with Gasteiger partial charge in [-0.2, -0.15) is 5.10 Å². The number of aromatic nitrogens is 2. The number of carbonyl (C=O) groups excluding carboxylic acids is 1. The van der Waals surface area contributed by atoms with Crippen LogP contribution in [0, 0.1) is 5.41 Å². The van der Waals surface area contributed by atoms with E-state index in [1.807, 2.05) is 0 Å². The molecule has 3 N–H and O–H groups in total. The van der Waals surface area contributed by atoms with Crippen LogP contribution in [0.2, 0.25) is 0 Å². The normalized spacial score (nSPS) is 27.2. The molecule has 1 heterocycles. The molecular weight excluding hydrogens is 204 g/mol. The summed E-state index contributed by atoms with van der Waals surface area (Å²) in [6, 6.07) is 2.04. The van der Waals surface area contributed by atoms with Gasteiger partial charge in [-0.25, -0.2) is 0 Å². The quantitative estimate of drug-likeness (QED) is 0.754. The third-order valence-electron chi connectivity index (χ3n) is 3.70. The molecule has 2 unspecified atom stereocenters. The smallest absolute Gasteiger partial charge is 0.269 e. The molecule has 0 saturated heterocycles. The summed E-state index contributed by atoms with van der Waals surface area (Å²) in [6.45, 7) is 4.16. The SMILES string of the molecule is Cn1nccc1C(=O)NC1CC(N)C1(C)C. The molecule has 1 aromatic rings. The first-order chi connectivity index (χ1) is 7.43. The van der Waals surface area contributed by atoms with Crippen LogP contribution >= 0.6 is 0 Å². The highest BCUT2D eigenvalue weighted by molar-refractivity contribution is 5.92. The van der Waals surface area contributed by atoms with Gasteiger partial charge in [-0.1, -0.05) is 13.8 Å². The maximum atomic E-state index is 11.9. The van der Waals surface area contributed by atoms with Crippen LogP contribution in [0.4, 0.5) is 0 Å². The minimum Gasteiger partial charge on any atom is -0.347 e. The first kappa shape index (κ1) is 11.1. The van der Waals surface area contributed by atoms with E-state index < -0.39 is 0 Å². The van der Waals surface area contributed by atoms with Crippen LogP contribution in [0.5, 0.6) is 0 Å². The molecular formula is C11H18N4O. The summed E-state index contributed by atoms with van der Waals surface area (Å²) in [5.74, 6) is -0.0787. The van der Waals surface area contributed by atoms with Crippen LogP contribution in [-0.2, 0) is 7.05 Å². The van der Waals surface area contributed by atoms with E-state index in [2.05, 4.69) is 24.3 Å². The number of nitrogens with one attached hydrogen (secondary N) is 1. The lowest BCUT2D eigenvalue weighted by molar-refractivity contribution is 0.0580. The van der Waals surface area contributed by atoms with E-state index in [0.29, 0.717) is 5.69 Å². The molecule has 0 spiro atoms. The lowest BCUT2D eigenvalue weighted by Gasteiger charge is -2.50. The Bertz CT molecular complexity index is 410. The van der Waals surface area contributed by atoms with Gasteiger partial charge in [0.2, 0.25) is 0 Å². The number of hydrogen-bond donors (Lipinski definition) is 2. The van der Waals surface area contributed by atoms with Crippen LogP contribution < -0.4 is 11.1 Å². The summed E-state index contributed by atoms with van der Waals surface area (Å²) >= 11 is 0. The van der Waals surface area contributed by atoms with Crippen LogP contribution in [0.25, 0.3) is 0 Å². The lowest BCUT2D eigenvalue weighted by atomic mass is 9.63. The van der Waals surface area contributed by atoms with Gasteiger partial charge in [0, 0.05) is 30.7 Å². The predicted octanol–water partition coefficient (Wildman–Crippen LogP) is 0.276. The zero-order chi connectivity index (χ0) is 11.9. The van der Waals surface area contributed by atoms with Crippen LogP contribution in [0.1, 0.15) is 30.8 Å².